The standard InChI is InChI=1S/C8H18Si/c1-3-5-8(7-9)6-4-2/h7H,3-6H2,1-2,9H3. The van der Waals surface area contributed by atoms with Crippen LogP contribution in [-0.2, 0) is 0 Å². The van der Waals surface area contributed by atoms with Gasteiger partial charge >= 0.3 is 0 Å². The molecule has 0 aliphatic carbocycles. The zero-order chi connectivity index (χ0) is 7.11. The predicted molar refractivity (Wildman–Crippen MR) is 47.8 cm³/mol. The van der Waals surface area contributed by atoms with Crippen LogP contribution >= 0.6 is 0 Å². The van der Waals surface area contributed by atoms with Crippen LogP contribution in [0.4, 0.5) is 0 Å². The van der Waals surface area contributed by atoms with Crippen LogP contribution in [-0.4, -0.2) is 10.2 Å². The first-order valence-electron chi connectivity index (χ1n) is 3.99. The summed E-state index contributed by atoms with van der Waals surface area (Å²) in [4.78, 5) is 0. The van der Waals surface area contributed by atoms with Crippen LogP contribution in [0, 0.1) is 0 Å². The zero-order valence-electron chi connectivity index (χ0n) is 6.91. The van der Waals surface area contributed by atoms with Crippen molar-refractivity contribution in [1.29, 1.82) is 0 Å². The fraction of sp³-hybridized carbons (Fsp3) is 0.750. The van der Waals surface area contributed by atoms with E-state index in [0.717, 1.165) is 0 Å². The number of hydrogen-bond donors (Lipinski definition) is 0. The number of hydrogen-bond acceptors (Lipinski definition) is 0. The summed E-state index contributed by atoms with van der Waals surface area (Å²) >= 11 is 0. The zero-order valence-corrected chi connectivity index (χ0v) is 8.91. The van der Waals surface area contributed by atoms with Gasteiger partial charge in [0.25, 0.3) is 0 Å². The van der Waals surface area contributed by atoms with E-state index in [1.54, 1.807) is 5.57 Å². The molecule has 0 amide bonds. The van der Waals surface area contributed by atoms with Gasteiger partial charge in [-0.1, -0.05) is 32.3 Å². The molecular formula is C8H18Si. The van der Waals surface area contributed by atoms with Gasteiger partial charge in [0, 0.05) is 10.2 Å². The summed E-state index contributed by atoms with van der Waals surface area (Å²) in [7, 11) is 1.24. The average molecular weight is 142 g/mol. The van der Waals surface area contributed by atoms with Crippen molar-refractivity contribution in [2.75, 3.05) is 0 Å². The lowest BCUT2D eigenvalue weighted by molar-refractivity contribution is 0.806. The highest BCUT2D eigenvalue weighted by Crippen LogP contribution is 2.09. The molecule has 0 unspecified atom stereocenters. The highest BCUT2D eigenvalue weighted by molar-refractivity contribution is 6.17. The van der Waals surface area contributed by atoms with E-state index >= 15 is 0 Å². The molecule has 0 nitrogen and oxygen atoms in total. The van der Waals surface area contributed by atoms with E-state index in [1.807, 2.05) is 0 Å². The predicted octanol–water partition coefficient (Wildman–Crippen LogP) is 1.84. The third-order valence-electron chi connectivity index (χ3n) is 1.55. The Kier molecular flexibility index (Phi) is 6.05. The Morgan fingerprint density at radius 1 is 1.22 bits per heavy atom. The molecule has 0 rings (SSSR count). The van der Waals surface area contributed by atoms with Crippen molar-refractivity contribution in [3.63, 3.8) is 0 Å². The summed E-state index contributed by atoms with van der Waals surface area (Å²) in [6.45, 7) is 4.50. The minimum absolute atomic E-state index is 1.24. The summed E-state index contributed by atoms with van der Waals surface area (Å²) < 4.78 is 0. The lowest BCUT2D eigenvalue weighted by Gasteiger charge is -2.00. The maximum absolute atomic E-state index is 2.40. The molecule has 0 fully saturated rings. The van der Waals surface area contributed by atoms with Crippen molar-refractivity contribution in [2.24, 2.45) is 0 Å². The molecule has 0 aromatic heterocycles. The second-order valence-electron chi connectivity index (χ2n) is 2.45. The van der Waals surface area contributed by atoms with Crippen LogP contribution in [0.15, 0.2) is 11.3 Å². The first-order chi connectivity index (χ1) is 4.35. The third kappa shape index (κ3) is 4.46. The van der Waals surface area contributed by atoms with E-state index in [2.05, 4.69) is 19.5 Å². The Hall–Kier alpha value is -0.0431. The molecule has 0 aliphatic heterocycles. The number of rotatable bonds is 4. The van der Waals surface area contributed by atoms with Crippen LogP contribution in [0.5, 0.6) is 0 Å². The van der Waals surface area contributed by atoms with E-state index in [4.69, 9.17) is 0 Å². The maximum atomic E-state index is 2.40. The monoisotopic (exact) mass is 142 g/mol. The second kappa shape index (κ2) is 6.08. The van der Waals surface area contributed by atoms with E-state index in [-0.39, 0.29) is 0 Å². The maximum Gasteiger partial charge on any atom is 0.0290 e. The minimum Gasteiger partial charge on any atom is -0.106 e. The lowest BCUT2D eigenvalue weighted by Crippen LogP contribution is -1.81. The fourth-order valence-corrected chi connectivity index (χ4v) is 1.63. The first kappa shape index (κ1) is 8.96. The molecule has 0 saturated carbocycles. The summed E-state index contributed by atoms with van der Waals surface area (Å²) in [5.74, 6) is 0. The molecule has 1 heteroatoms. The van der Waals surface area contributed by atoms with E-state index in [1.165, 1.54) is 35.9 Å². The molecule has 0 aromatic carbocycles. The van der Waals surface area contributed by atoms with Gasteiger partial charge in [0.2, 0.25) is 0 Å². The Bertz CT molecular complexity index is 76.6. The van der Waals surface area contributed by atoms with Crippen LogP contribution < -0.4 is 0 Å². The Balaban J connectivity index is 3.43. The highest BCUT2D eigenvalue weighted by atomic mass is 28.1. The Labute approximate surface area is 61.8 Å². The largest absolute Gasteiger partial charge is 0.106 e. The van der Waals surface area contributed by atoms with Crippen molar-refractivity contribution < 1.29 is 0 Å². The van der Waals surface area contributed by atoms with Crippen LogP contribution in [0.1, 0.15) is 39.5 Å². The van der Waals surface area contributed by atoms with E-state index < -0.39 is 0 Å². The van der Waals surface area contributed by atoms with Crippen molar-refractivity contribution in [1.82, 2.24) is 0 Å². The van der Waals surface area contributed by atoms with Crippen LogP contribution in [0.3, 0.4) is 0 Å². The van der Waals surface area contributed by atoms with Crippen molar-refractivity contribution in [3.05, 3.63) is 11.3 Å². The van der Waals surface area contributed by atoms with Gasteiger partial charge in [-0.25, -0.2) is 0 Å². The molecule has 0 radical (unpaired) electrons. The molecule has 0 N–H and O–H groups in total. The van der Waals surface area contributed by atoms with Crippen molar-refractivity contribution in [2.45, 2.75) is 39.5 Å². The van der Waals surface area contributed by atoms with Gasteiger partial charge in [0.15, 0.2) is 0 Å². The summed E-state index contributed by atoms with van der Waals surface area (Å²) in [6.07, 6.45) is 5.29. The highest BCUT2D eigenvalue weighted by Gasteiger charge is 1.90. The van der Waals surface area contributed by atoms with Gasteiger partial charge in [-0.3, -0.25) is 0 Å². The van der Waals surface area contributed by atoms with Crippen LogP contribution in [0.25, 0.3) is 0 Å². The minimum atomic E-state index is 1.24. The Morgan fingerprint density at radius 2 is 1.67 bits per heavy atom. The summed E-state index contributed by atoms with van der Waals surface area (Å²) in [6, 6.07) is 0. The molecule has 0 atom stereocenters. The van der Waals surface area contributed by atoms with E-state index in [0.29, 0.717) is 0 Å². The van der Waals surface area contributed by atoms with Gasteiger partial charge in [0.1, 0.15) is 0 Å². The molecule has 0 aromatic rings. The average Bonchev–Trinajstić information content (AvgIpc) is 1.88. The molecule has 0 bridgehead atoms. The van der Waals surface area contributed by atoms with Gasteiger partial charge in [-0.2, -0.15) is 0 Å². The summed E-state index contributed by atoms with van der Waals surface area (Å²) in [5, 5.41) is 0. The third-order valence-corrected chi connectivity index (χ3v) is 2.37. The van der Waals surface area contributed by atoms with E-state index in [9.17, 15) is 0 Å². The quantitative estimate of drug-likeness (QED) is 0.525. The Morgan fingerprint density at radius 3 is 1.89 bits per heavy atom. The van der Waals surface area contributed by atoms with Gasteiger partial charge < -0.3 is 0 Å². The molecule has 0 aliphatic rings. The molecule has 0 heterocycles. The normalized spacial score (nSPS) is 9.56. The van der Waals surface area contributed by atoms with Gasteiger partial charge in [-0.05, 0) is 12.8 Å². The fourth-order valence-electron chi connectivity index (χ4n) is 1.06. The lowest BCUT2D eigenvalue weighted by atomic mass is 10.1. The summed E-state index contributed by atoms with van der Waals surface area (Å²) in [5.41, 5.74) is 4.08. The smallest absolute Gasteiger partial charge is 0.0290 e. The van der Waals surface area contributed by atoms with Gasteiger partial charge in [-0.15, -0.1) is 5.70 Å². The second-order valence-corrected chi connectivity index (χ2v) is 3.02. The topological polar surface area (TPSA) is 0 Å². The molecular weight excluding hydrogens is 124 g/mol. The van der Waals surface area contributed by atoms with Crippen LogP contribution in [0.2, 0.25) is 0 Å². The first-order valence-corrected chi connectivity index (χ1v) is 5.14. The number of allylic oxidation sites excluding steroid dienone is 1. The van der Waals surface area contributed by atoms with Crippen molar-refractivity contribution in [3.8, 4) is 0 Å². The van der Waals surface area contributed by atoms with Gasteiger partial charge in [0.05, 0.1) is 0 Å². The molecule has 0 saturated heterocycles. The molecule has 0 spiro atoms. The molecule has 9 heavy (non-hydrogen) atoms. The SMILES string of the molecule is CCCC(=C[SiH3])CCC. The van der Waals surface area contributed by atoms with Crippen molar-refractivity contribution >= 4 is 10.2 Å². The molecule has 54 valence electrons.